The van der Waals surface area contributed by atoms with E-state index in [2.05, 4.69) is 20.4 Å². The van der Waals surface area contributed by atoms with Crippen LogP contribution in [0.3, 0.4) is 0 Å². The van der Waals surface area contributed by atoms with Gasteiger partial charge in [-0.15, -0.1) is 0 Å². The van der Waals surface area contributed by atoms with Crippen LogP contribution >= 0.6 is 0 Å². The second kappa shape index (κ2) is 6.09. The van der Waals surface area contributed by atoms with Crippen LogP contribution in [0.25, 0.3) is 10.9 Å². The molecule has 1 unspecified atom stereocenters. The first-order valence-corrected chi connectivity index (χ1v) is 7.67. The van der Waals surface area contributed by atoms with Crippen molar-refractivity contribution >= 4 is 16.7 Å². The zero-order valence-corrected chi connectivity index (χ0v) is 14.2. The van der Waals surface area contributed by atoms with Crippen LogP contribution in [0.1, 0.15) is 18.3 Å². The predicted octanol–water partition coefficient (Wildman–Crippen LogP) is 2.00. The number of benzene rings is 1. The Labute approximate surface area is 140 Å². The molecule has 2 heterocycles. The standard InChI is InChI=1S/C17H21N5O2/c1-11-20-15-6-5-13(24-4)7-14(15)16(21-11)18-10-17(2,23)12-8-19-22(3)9-12/h5-9,23H,10H2,1-4H3,(H,18,20,21). The second-order valence-electron chi connectivity index (χ2n) is 6.03. The van der Waals surface area contributed by atoms with Crippen molar-refractivity contribution in [1.82, 2.24) is 19.7 Å². The molecule has 126 valence electrons. The summed E-state index contributed by atoms with van der Waals surface area (Å²) >= 11 is 0. The maximum atomic E-state index is 10.7. The van der Waals surface area contributed by atoms with Gasteiger partial charge in [-0.2, -0.15) is 5.10 Å². The van der Waals surface area contributed by atoms with Crippen molar-refractivity contribution < 1.29 is 9.84 Å². The summed E-state index contributed by atoms with van der Waals surface area (Å²) in [6, 6.07) is 5.65. The first kappa shape index (κ1) is 16.2. The normalized spacial score (nSPS) is 13.7. The molecule has 1 aromatic carbocycles. The number of ether oxygens (including phenoxy) is 1. The van der Waals surface area contributed by atoms with Crippen LogP contribution in [0.15, 0.2) is 30.6 Å². The number of methoxy groups -OCH3 is 1. The van der Waals surface area contributed by atoms with Crippen molar-refractivity contribution in [2.45, 2.75) is 19.4 Å². The van der Waals surface area contributed by atoms with Gasteiger partial charge in [0.2, 0.25) is 0 Å². The summed E-state index contributed by atoms with van der Waals surface area (Å²) < 4.78 is 6.95. The molecule has 0 amide bonds. The predicted molar refractivity (Wildman–Crippen MR) is 92.1 cm³/mol. The van der Waals surface area contributed by atoms with Gasteiger partial charge in [0.05, 0.1) is 18.8 Å². The molecule has 0 saturated heterocycles. The lowest BCUT2D eigenvalue weighted by molar-refractivity contribution is 0.0714. The van der Waals surface area contributed by atoms with Gasteiger partial charge in [0.25, 0.3) is 0 Å². The van der Waals surface area contributed by atoms with E-state index in [0.29, 0.717) is 18.2 Å². The summed E-state index contributed by atoms with van der Waals surface area (Å²) in [5, 5.41) is 18.9. The molecule has 0 aliphatic rings. The summed E-state index contributed by atoms with van der Waals surface area (Å²) in [6.07, 6.45) is 3.46. The number of nitrogens with zero attached hydrogens (tertiary/aromatic N) is 4. The van der Waals surface area contributed by atoms with Crippen LogP contribution in [-0.4, -0.2) is 38.5 Å². The molecule has 2 aromatic heterocycles. The lowest BCUT2D eigenvalue weighted by atomic mass is 10.00. The van der Waals surface area contributed by atoms with Crippen molar-refractivity contribution in [3.63, 3.8) is 0 Å². The summed E-state index contributed by atoms with van der Waals surface area (Å²) in [5.74, 6) is 2.06. The number of fused-ring (bicyclic) bond motifs is 1. The van der Waals surface area contributed by atoms with E-state index in [1.54, 1.807) is 31.1 Å². The average Bonchev–Trinajstić information content (AvgIpc) is 2.99. The number of hydrogen-bond donors (Lipinski definition) is 2. The zero-order valence-electron chi connectivity index (χ0n) is 14.2. The van der Waals surface area contributed by atoms with Crippen LogP contribution in [0.5, 0.6) is 5.75 Å². The Morgan fingerprint density at radius 3 is 2.79 bits per heavy atom. The topological polar surface area (TPSA) is 85.1 Å². The van der Waals surface area contributed by atoms with Gasteiger partial charge in [0, 0.05) is 30.7 Å². The van der Waals surface area contributed by atoms with Crippen molar-refractivity contribution in [3.8, 4) is 5.75 Å². The second-order valence-corrected chi connectivity index (χ2v) is 6.03. The largest absolute Gasteiger partial charge is 0.497 e. The zero-order chi connectivity index (χ0) is 17.3. The van der Waals surface area contributed by atoms with E-state index in [9.17, 15) is 5.11 Å². The summed E-state index contributed by atoms with van der Waals surface area (Å²) in [5.41, 5.74) is 0.496. The molecule has 0 radical (unpaired) electrons. The van der Waals surface area contributed by atoms with Gasteiger partial charge in [-0.1, -0.05) is 0 Å². The Morgan fingerprint density at radius 1 is 1.33 bits per heavy atom. The number of nitrogens with one attached hydrogen (secondary N) is 1. The Bertz CT molecular complexity index is 873. The quantitative estimate of drug-likeness (QED) is 0.745. The third kappa shape index (κ3) is 3.16. The smallest absolute Gasteiger partial charge is 0.137 e. The van der Waals surface area contributed by atoms with Crippen LogP contribution in [0.2, 0.25) is 0 Å². The first-order chi connectivity index (χ1) is 11.4. The number of aryl methyl sites for hydroxylation is 2. The lowest BCUT2D eigenvalue weighted by Crippen LogP contribution is -2.30. The molecule has 0 aliphatic heterocycles. The highest BCUT2D eigenvalue weighted by Crippen LogP contribution is 2.27. The third-order valence-corrected chi connectivity index (χ3v) is 3.94. The monoisotopic (exact) mass is 327 g/mol. The molecular formula is C17H21N5O2. The van der Waals surface area contributed by atoms with E-state index in [-0.39, 0.29) is 0 Å². The number of anilines is 1. The fraction of sp³-hybridized carbons (Fsp3) is 0.353. The summed E-state index contributed by atoms with van der Waals surface area (Å²) in [6.45, 7) is 3.88. The van der Waals surface area contributed by atoms with Crippen LogP contribution in [0.4, 0.5) is 5.82 Å². The van der Waals surface area contributed by atoms with Gasteiger partial charge in [0.1, 0.15) is 23.0 Å². The number of rotatable bonds is 5. The SMILES string of the molecule is COc1ccc2nc(C)nc(NCC(C)(O)c3cnn(C)c3)c2c1. The van der Waals surface area contributed by atoms with E-state index in [1.165, 1.54) is 0 Å². The minimum Gasteiger partial charge on any atom is -0.497 e. The van der Waals surface area contributed by atoms with Gasteiger partial charge < -0.3 is 15.2 Å². The van der Waals surface area contributed by atoms with Crippen molar-refractivity contribution in [3.05, 3.63) is 42.0 Å². The van der Waals surface area contributed by atoms with E-state index < -0.39 is 5.60 Å². The molecule has 7 heteroatoms. The molecule has 1 atom stereocenters. The van der Waals surface area contributed by atoms with Crippen molar-refractivity contribution in [1.29, 1.82) is 0 Å². The third-order valence-electron chi connectivity index (χ3n) is 3.94. The maximum Gasteiger partial charge on any atom is 0.137 e. The van der Waals surface area contributed by atoms with Crippen molar-refractivity contribution in [2.24, 2.45) is 7.05 Å². The highest BCUT2D eigenvalue weighted by atomic mass is 16.5. The summed E-state index contributed by atoms with van der Waals surface area (Å²) in [7, 11) is 3.44. The number of aliphatic hydroxyl groups is 1. The minimum atomic E-state index is -1.07. The molecule has 3 aromatic rings. The van der Waals surface area contributed by atoms with Crippen molar-refractivity contribution in [2.75, 3.05) is 19.0 Å². The maximum absolute atomic E-state index is 10.7. The van der Waals surface area contributed by atoms with Gasteiger partial charge in [-0.05, 0) is 32.0 Å². The van der Waals surface area contributed by atoms with Crippen LogP contribution < -0.4 is 10.1 Å². The highest BCUT2D eigenvalue weighted by molar-refractivity contribution is 5.90. The average molecular weight is 327 g/mol. The van der Waals surface area contributed by atoms with Gasteiger partial charge >= 0.3 is 0 Å². The van der Waals surface area contributed by atoms with Gasteiger partial charge in [-0.3, -0.25) is 4.68 Å². The molecule has 0 bridgehead atoms. The Morgan fingerprint density at radius 2 is 2.12 bits per heavy atom. The molecule has 0 aliphatic carbocycles. The fourth-order valence-electron chi connectivity index (χ4n) is 2.54. The van der Waals surface area contributed by atoms with Gasteiger partial charge in [-0.25, -0.2) is 9.97 Å². The van der Waals surface area contributed by atoms with Crippen LogP contribution in [0, 0.1) is 6.92 Å². The number of hydrogen-bond acceptors (Lipinski definition) is 6. The molecule has 3 rings (SSSR count). The molecule has 0 saturated carbocycles. The van der Waals surface area contributed by atoms with E-state index in [4.69, 9.17) is 4.74 Å². The highest BCUT2D eigenvalue weighted by Gasteiger charge is 2.25. The van der Waals surface area contributed by atoms with E-state index in [1.807, 2.05) is 32.2 Å². The van der Waals surface area contributed by atoms with E-state index in [0.717, 1.165) is 22.2 Å². The van der Waals surface area contributed by atoms with Crippen LogP contribution in [-0.2, 0) is 12.6 Å². The molecule has 0 fully saturated rings. The molecular weight excluding hydrogens is 306 g/mol. The Hall–Kier alpha value is -2.67. The molecule has 7 nitrogen and oxygen atoms in total. The number of aromatic nitrogens is 4. The van der Waals surface area contributed by atoms with E-state index >= 15 is 0 Å². The molecule has 24 heavy (non-hydrogen) atoms. The molecule has 0 spiro atoms. The molecule has 2 N–H and O–H groups in total. The Kier molecular flexibility index (Phi) is 4.11. The van der Waals surface area contributed by atoms with Gasteiger partial charge in [0.15, 0.2) is 0 Å². The Balaban J connectivity index is 1.91. The fourth-order valence-corrected chi connectivity index (χ4v) is 2.54. The summed E-state index contributed by atoms with van der Waals surface area (Å²) in [4.78, 5) is 8.90. The lowest BCUT2D eigenvalue weighted by Gasteiger charge is -2.23. The minimum absolute atomic E-state index is 0.293. The first-order valence-electron chi connectivity index (χ1n) is 7.67.